The van der Waals surface area contributed by atoms with Gasteiger partial charge < -0.3 is 10.6 Å². The quantitative estimate of drug-likeness (QED) is 0.416. The Morgan fingerprint density at radius 1 is 1.17 bits per heavy atom. The summed E-state index contributed by atoms with van der Waals surface area (Å²) < 4.78 is 1.86. The molecule has 6 nitrogen and oxygen atoms in total. The second kappa shape index (κ2) is 8.85. The van der Waals surface area contributed by atoms with Gasteiger partial charge in [-0.2, -0.15) is 4.52 Å². The average Bonchev–Trinajstić information content (AvgIpc) is 3.12. The minimum absolute atomic E-state index is 0.0670. The first kappa shape index (κ1) is 20.4. The van der Waals surface area contributed by atoms with Gasteiger partial charge in [-0.3, -0.25) is 0 Å². The predicted molar refractivity (Wildman–Crippen MR) is 121 cm³/mol. The number of rotatable bonds is 9. The van der Waals surface area contributed by atoms with Crippen molar-refractivity contribution in [1.29, 1.82) is 0 Å². The summed E-state index contributed by atoms with van der Waals surface area (Å²) in [5, 5.41) is 20.9. The summed E-state index contributed by atoms with van der Waals surface area (Å²) in [6.45, 7) is 7.05. The lowest BCUT2D eigenvalue weighted by Gasteiger charge is -2.30. The van der Waals surface area contributed by atoms with Crippen molar-refractivity contribution < 1.29 is 0 Å². The monoisotopic (exact) mass is 402 g/mol. The third-order valence-corrected chi connectivity index (χ3v) is 5.78. The molecule has 4 rings (SSSR count). The molecule has 0 unspecified atom stereocenters. The Bertz CT molecular complexity index is 1030. The second-order valence-electron chi connectivity index (χ2n) is 8.88. The van der Waals surface area contributed by atoms with Crippen molar-refractivity contribution in [2.45, 2.75) is 45.4 Å². The normalized spacial score (nSPS) is 14.4. The maximum atomic E-state index is 5.34. The van der Waals surface area contributed by atoms with Gasteiger partial charge in [0, 0.05) is 37.2 Å². The van der Waals surface area contributed by atoms with Crippen LogP contribution in [0.5, 0.6) is 0 Å². The van der Waals surface area contributed by atoms with Crippen LogP contribution in [-0.2, 0) is 0 Å². The number of nitrogens with zero attached hydrogens (tertiary/aromatic N) is 4. The summed E-state index contributed by atoms with van der Waals surface area (Å²) in [6.07, 6.45) is 9.80. The molecular formula is C24H30N6. The van der Waals surface area contributed by atoms with E-state index in [0.717, 1.165) is 48.9 Å². The first-order chi connectivity index (χ1) is 14.6. The molecule has 30 heavy (non-hydrogen) atoms. The number of hydrogen-bond acceptors (Lipinski definition) is 5. The van der Waals surface area contributed by atoms with Gasteiger partial charge in [0.1, 0.15) is 0 Å². The molecule has 1 aromatic carbocycles. The van der Waals surface area contributed by atoms with E-state index in [1.165, 1.54) is 24.8 Å². The minimum Gasteiger partial charge on any atom is -0.368 e. The number of aromatic nitrogens is 4. The molecule has 1 saturated carbocycles. The first-order valence-corrected chi connectivity index (χ1v) is 10.8. The lowest BCUT2D eigenvalue weighted by molar-refractivity contribution is 0.363. The van der Waals surface area contributed by atoms with Crippen molar-refractivity contribution in [2.24, 2.45) is 5.41 Å². The van der Waals surface area contributed by atoms with E-state index in [4.69, 9.17) is 11.5 Å². The zero-order chi connectivity index (χ0) is 21.0. The predicted octanol–water partition coefficient (Wildman–Crippen LogP) is 4.11. The summed E-state index contributed by atoms with van der Waals surface area (Å²) in [7, 11) is 0. The smallest absolute Gasteiger partial charge is 0.185 e. The van der Waals surface area contributed by atoms with Crippen molar-refractivity contribution in [3.63, 3.8) is 0 Å². The van der Waals surface area contributed by atoms with Gasteiger partial charge in [0.05, 0.1) is 0 Å². The summed E-state index contributed by atoms with van der Waals surface area (Å²) in [5.41, 5.74) is 3.14. The molecule has 0 atom stereocenters. The fourth-order valence-electron chi connectivity index (χ4n) is 3.75. The van der Waals surface area contributed by atoms with Crippen LogP contribution in [0.3, 0.4) is 0 Å². The number of hydrogen-bond donors (Lipinski definition) is 2. The van der Waals surface area contributed by atoms with Gasteiger partial charge in [-0.15, -0.1) is 27.6 Å². The highest BCUT2D eigenvalue weighted by molar-refractivity contribution is 5.61. The molecule has 2 aromatic heterocycles. The first-order valence-electron chi connectivity index (χ1n) is 10.8. The van der Waals surface area contributed by atoms with Crippen LogP contribution in [0.1, 0.15) is 51.0 Å². The zero-order valence-corrected chi connectivity index (χ0v) is 17.9. The van der Waals surface area contributed by atoms with Gasteiger partial charge in [0.15, 0.2) is 17.3 Å². The molecule has 1 aliphatic rings. The lowest BCUT2D eigenvalue weighted by Crippen LogP contribution is -2.36. The Kier molecular flexibility index (Phi) is 6.01. The Hall–Kier alpha value is -2.91. The number of benzene rings is 1. The fraction of sp³-hybridized carbons (Fsp3) is 0.458. The molecule has 0 radical (unpaired) electrons. The van der Waals surface area contributed by atoms with Gasteiger partial charge in [-0.05, 0) is 30.2 Å². The van der Waals surface area contributed by atoms with Crippen LogP contribution in [0.15, 0.2) is 36.4 Å². The average molecular weight is 403 g/mol. The molecule has 1 aliphatic carbocycles. The van der Waals surface area contributed by atoms with E-state index in [1.807, 2.05) is 34.8 Å². The summed E-state index contributed by atoms with van der Waals surface area (Å²) in [6, 6.07) is 12.3. The van der Waals surface area contributed by atoms with E-state index in [9.17, 15) is 0 Å². The van der Waals surface area contributed by atoms with E-state index in [0.29, 0.717) is 5.92 Å². The van der Waals surface area contributed by atoms with Crippen molar-refractivity contribution in [2.75, 3.05) is 25.0 Å². The maximum absolute atomic E-state index is 5.34. The Labute approximate surface area is 178 Å². The molecule has 0 bridgehead atoms. The number of nitrogens with one attached hydrogen (secondary N) is 2. The molecule has 0 saturated heterocycles. The highest BCUT2D eigenvalue weighted by Crippen LogP contribution is 2.40. The number of fused-ring (bicyclic) bond motifs is 1. The largest absolute Gasteiger partial charge is 0.368 e. The van der Waals surface area contributed by atoms with Crippen molar-refractivity contribution in [3.8, 4) is 23.7 Å². The van der Waals surface area contributed by atoms with E-state index in [2.05, 4.69) is 46.7 Å². The van der Waals surface area contributed by atoms with E-state index >= 15 is 0 Å². The molecule has 2 heterocycles. The molecule has 0 amide bonds. The maximum Gasteiger partial charge on any atom is 0.185 e. The third-order valence-electron chi connectivity index (χ3n) is 5.78. The van der Waals surface area contributed by atoms with Gasteiger partial charge in [0.25, 0.3) is 0 Å². The van der Waals surface area contributed by atoms with Crippen LogP contribution in [0.25, 0.3) is 17.0 Å². The molecule has 6 heteroatoms. The number of terminal acetylenes is 1. The number of anilines is 1. The molecule has 1 fully saturated rings. The van der Waals surface area contributed by atoms with Crippen LogP contribution in [0, 0.1) is 17.8 Å². The summed E-state index contributed by atoms with van der Waals surface area (Å²) >= 11 is 0. The van der Waals surface area contributed by atoms with Crippen molar-refractivity contribution in [1.82, 2.24) is 25.1 Å². The zero-order valence-electron chi connectivity index (χ0n) is 17.9. The SMILES string of the molecule is C#CCCNCC(C)(C)CNc1nn2c(-c3ccccc3)nnc2cc1C1CCC1. The molecule has 2 N–H and O–H groups in total. The molecule has 3 aromatic rings. The fourth-order valence-corrected chi connectivity index (χ4v) is 3.75. The highest BCUT2D eigenvalue weighted by Gasteiger charge is 2.26. The topological polar surface area (TPSA) is 67.1 Å². The third kappa shape index (κ3) is 4.47. The Balaban J connectivity index is 1.59. The Morgan fingerprint density at radius 2 is 1.97 bits per heavy atom. The van der Waals surface area contributed by atoms with Gasteiger partial charge in [-0.1, -0.05) is 50.6 Å². The van der Waals surface area contributed by atoms with Crippen LogP contribution < -0.4 is 10.6 Å². The van der Waals surface area contributed by atoms with Crippen LogP contribution >= 0.6 is 0 Å². The van der Waals surface area contributed by atoms with Gasteiger partial charge >= 0.3 is 0 Å². The van der Waals surface area contributed by atoms with E-state index in [-0.39, 0.29) is 5.41 Å². The van der Waals surface area contributed by atoms with E-state index in [1.54, 1.807) is 0 Å². The second-order valence-corrected chi connectivity index (χ2v) is 8.88. The summed E-state index contributed by atoms with van der Waals surface area (Å²) in [5.74, 6) is 4.94. The molecule has 156 valence electrons. The standard InChI is InChI=1S/C24H30N6/c1-4-5-14-25-16-24(2,3)17-26-22-20(18-12-9-13-18)15-21-27-28-23(30(21)29-22)19-10-7-6-8-11-19/h1,6-8,10-11,15,18,25H,5,9,12-14,16-17H2,2-3H3,(H,26,29). The van der Waals surface area contributed by atoms with Crippen LogP contribution in [-0.4, -0.2) is 39.4 Å². The minimum atomic E-state index is 0.0670. The molecule has 0 aliphatic heterocycles. The molecule has 0 spiro atoms. The molecular weight excluding hydrogens is 372 g/mol. The van der Waals surface area contributed by atoms with Gasteiger partial charge in [0.2, 0.25) is 0 Å². The highest BCUT2D eigenvalue weighted by atomic mass is 15.4. The van der Waals surface area contributed by atoms with Crippen molar-refractivity contribution in [3.05, 3.63) is 42.0 Å². The summed E-state index contributed by atoms with van der Waals surface area (Å²) in [4.78, 5) is 0. The lowest BCUT2D eigenvalue weighted by atomic mass is 9.80. The Morgan fingerprint density at radius 3 is 2.67 bits per heavy atom. The van der Waals surface area contributed by atoms with Crippen LogP contribution in [0.4, 0.5) is 5.82 Å². The van der Waals surface area contributed by atoms with Gasteiger partial charge in [-0.25, -0.2) is 0 Å². The van der Waals surface area contributed by atoms with Crippen molar-refractivity contribution >= 4 is 11.5 Å². The van der Waals surface area contributed by atoms with E-state index < -0.39 is 0 Å². The van der Waals surface area contributed by atoms with Crippen LogP contribution in [0.2, 0.25) is 0 Å².